The molecule has 0 saturated carbocycles. The van der Waals surface area contributed by atoms with E-state index >= 15 is 0 Å². The lowest BCUT2D eigenvalue weighted by Gasteiger charge is -2.09. The number of carboxylic acids is 2. The lowest BCUT2D eigenvalue weighted by atomic mass is 9.97. The first kappa shape index (κ1) is 27.4. The maximum absolute atomic E-state index is 10.8. The standard InChI is InChI=1S/C13H18O2.C10H14.C3H6O2/c1-9(2)8-11-4-6-12(7-5-11)10(3)13(14)15;1-9(2)8-10-6-4-3-5-7-10;1-2-3(4)5/h4-7,9-10H,8H2,1-3H3,(H,14,15);3-7,9H,8H2,1-2H3;2H2,1H3,(H,4,5). The SMILES string of the molecule is CC(C)Cc1ccc(C(C)C(=O)O)cc1.CC(C)Cc1ccccc1.CCC(=O)O. The summed E-state index contributed by atoms with van der Waals surface area (Å²) in [5, 5.41) is 16.6. The molecule has 0 aromatic heterocycles. The van der Waals surface area contributed by atoms with E-state index in [9.17, 15) is 9.59 Å². The third-order valence-electron chi connectivity index (χ3n) is 4.28. The number of rotatable bonds is 7. The predicted octanol–water partition coefficient (Wildman–Crippen LogP) is 6.44. The first-order chi connectivity index (χ1) is 14.1. The van der Waals surface area contributed by atoms with Crippen LogP contribution < -0.4 is 0 Å². The highest BCUT2D eigenvalue weighted by atomic mass is 16.4. The summed E-state index contributed by atoms with van der Waals surface area (Å²) >= 11 is 0. The van der Waals surface area contributed by atoms with Crippen LogP contribution in [-0.4, -0.2) is 22.2 Å². The van der Waals surface area contributed by atoms with Gasteiger partial charge in [0.05, 0.1) is 5.92 Å². The molecule has 0 aliphatic carbocycles. The highest BCUT2D eigenvalue weighted by Crippen LogP contribution is 2.17. The zero-order chi connectivity index (χ0) is 23.1. The summed E-state index contributed by atoms with van der Waals surface area (Å²) < 4.78 is 0. The molecule has 0 fully saturated rings. The fraction of sp³-hybridized carbons (Fsp3) is 0.462. The van der Waals surface area contributed by atoms with E-state index in [1.54, 1.807) is 13.8 Å². The van der Waals surface area contributed by atoms with Crippen molar-refractivity contribution in [1.29, 1.82) is 0 Å². The van der Waals surface area contributed by atoms with Crippen LogP contribution in [0.25, 0.3) is 0 Å². The quantitative estimate of drug-likeness (QED) is 0.547. The molecule has 0 aliphatic rings. The average molecular weight is 415 g/mol. The molecule has 0 aliphatic heterocycles. The molecule has 0 spiro atoms. The van der Waals surface area contributed by atoms with Crippen molar-refractivity contribution in [2.45, 2.75) is 66.7 Å². The van der Waals surface area contributed by atoms with Gasteiger partial charge < -0.3 is 10.2 Å². The smallest absolute Gasteiger partial charge is 0.310 e. The summed E-state index contributed by atoms with van der Waals surface area (Å²) in [6.45, 7) is 12.1. The zero-order valence-corrected chi connectivity index (χ0v) is 19.3. The van der Waals surface area contributed by atoms with Crippen LogP contribution in [0.3, 0.4) is 0 Å². The van der Waals surface area contributed by atoms with Crippen LogP contribution in [0.5, 0.6) is 0 Å². The van der Waals surface area contributed by atoms with Crippen LogP contribution in [0.15, 0.2) is 54.6 Å². The van der Waals surface area contributed by atoms with Gasteiger partial charge in [0.15, 0.2) is 0 Å². The van der Waals surface area contributed by atoms with Gasteiger partial charge in [0, 0.05) is 6.42 Å². The average Bonchev–Trinajstić information content (AvgIpc) is 2.68. The van der Waals surface area contributed by atoms with Gasteiger partial charge in [0.25, 0.3) is 0 Å². The Labute approximate surface area is 182 Å². The Balaban J connectivity index is 0.000000481. The maximum Gasteiger partial charge on any atom is 0.310 e. The van der Waals surface area contributed by atoms with E-state index in [0.717, 1.165) is 17.9 Å². The summed E-state index contributed by atoms with van der Waals surface area (Å²) in [6.07, 6.45) is 2.46. The molecule has 1 atom stereocenters. The minimum absolute atomic E-state index is 0.222. The third-order valence-corrected chi connectivity index (χ3v) is 4.28. The van der Waals surface area contributed by atoms with Crippen LogP contribution in [0.2, 0.25) is 0 Å². The van der Waals surface area contributed by atoms with Gasteiger partial charge in [-0.2, -0.15) is 0 Å². The number of hydrogen-bond donors (Lipinski definition) is 2. The van der Waals surface area contributed by atoms with E-state index < -0.39 is 17.9 Å². The Morgan fingerprint density at radius 3 is 1.47 bits per heavy atom. The molecule has 4 nitrogen and oxygen atoms in total. The van der Waals surface area contributed by atoms with Crippen molar-refractivity contribution in [1.82, 2.24) is 0 Å². The number of hydrogen-bond acceptors (Lipinski definition) is 2. The molecular formula is C26H38O4. The fourth-order valence-electron chi connectivity index (χ4n) is 2.64. The van der Waals surface area contributed by atoms with Gasteiger partial charge in [0.2, 0.25) is 0 Å². The van der Waals surface area contributed by atoms with Crippen molar-refractivity contribution < 1.29 is 19.8 Å². The molecule has 0 bridgehead atoms. The second-order valence-corrected chi connectivity index (χ2v) is 8.23. The normalized spacial score (nSPS) is 11.1. The fourth-order valence-corrected chi connectivity index (χ4v) is 2.64. The molecule has 0 amide bonds. The molecule has 0 saturated heterocycles. The molecular weight excluding hydrogens is 376 g/mol. The predicted molar refractivity (Wildman–Crippen MR) is 124 cm³/mol. The number of carbonyl (C=O) groups is 2. The number of aliphatic carboxylic acids is 2. The first-order valence-electron chi connectivity index (χ1n) is 10.6. The molecule has 166 valence electrons. The van der Waals surface area contributed by atoms with Gasteiger partial charge in [0.1, 0.15) is 0 Å². The first-order valence-corrected chi connectivity index (χ1v) is 10.6. The van der Waals surface area contributed by atoms with Crippen molar-refractivity contribution in [2.24, 2.45) is 11.8 Å². The summed E-state index contributed by atoms with van der Waals surface area (Å²) in [7, 11) is 0. The van der Waals surface area contributed by atoms with E-state index in [4.69, 9.17) is 10.2 Å². The van der Waals surface area contributed by atoms with Crippen LogP contribution in [0.4, 0.5) is 0 Å². The van der Waals surface area contributed by atoms with Gasteiger partial charge >= 0.3 is 11.9 Å². The van der Waals surface area contributed by atoms with E-state index in [2.05, 4.69) is 58.0 Å². The summed E-state index contributed by atoms with van der Waals surface area (Å²) in [4.78, 5) is 20.1. The maximum atomic E-state index is 10.8. The van der Waals surface area contributed by atoms with Crippen molar-refractivity contribution in [3.63, 3.8) is 0 Å². The van der Waals surface area contributed by atoms with Crippen molar-refractivity contribution in [3.8, 4) is 0 Å². The molecule has 2 N–H and O–H groups in total. The molecule has 1 unspecified atom stereocenters. The molecule has 0 heterocycles. The minimum atomic E-state index is -0.772. The largest absolute Gasteiger partial charge is 0.481 e. The van der Waals surface area contributed by atoms with Crippen LogP contribution >= 0.6 is 0 Å². The van der Waals surface area contributed by atoms with Crippen LogP contribution in [-0.2, 0) is 22.4 Å². The van der Waals surface area contributed by atoms with Crippen LogP contribution in [0, 0.1) is 11.8 Å². The zero-order valence-electron chi connectivity index (χ0n) is 19.3. The second kappa shape index (κ2) is 15.3. The van der Waals surface area contributed by atoms with E-state index in [1.807, 2.05) is 24.3 Å². The molecule has 30 heavy (non-hydrogen) atoms. The molecule has 0 radical (unpaired) electrons. The lowest BCUT2D eigenvalue weighted by Crippen LogP contribution is -2.07. The second-order valence-electron chi connectivity index (χ2n) is 8.23. The number of carboxylic acid groups (broad SMARTS) is 2. The minimum Gasteiger partial charge on any atom is -0.481 e. The van der Waals surface area contributed by atoms with Gasteiger partial charge in [-0.3, -0.25) is 9.59 Å². The van der Waals surface area contributed by atoms with Gasteiger partial charge in [-0.25, -0.2) is 0 Å². The van der Waals surface area contributed by atoms with Crippen molar-refractivity contribution in [3.05, 3.63) is 71.3 Å². The Hall–Kier alpha value is -2.62. The summed E-state index contributed by atoms with van der Waals surface area (Å²) in [6, 6.07) is 18.5. The Morgan fingerprint density at radius 1 is 0.733 bits per heavy atom. The van der Waals surface area contributed by atoms with E-state index in [1.165, 1.54) is 17.5 Å². The topological polar surface area (TPSA) is 74.6 Å². The molecule has 2 aromatic carbocycles. The number of benzene rings is 2. The monoisotopic (exact) mass is 414 g/mol. The molecule has 2 rings (SSSR count). The van der Waals surface area contributed by atoms with Gasteiger partial charge in [-0.15, -0.1) is 0 Å². The highest BCUT2D eigenvalue weighted by molar-refractivity contribution is 5.75. The highest BCUT2D eigenvalue weighted by Gasteiger charge is 2.12. The Morgan fingerprint density at radius 2 is 1.13 bits per heavy atom. The molecule has 2 aromatic rings. The Kier molecular flexibility index (Phi) is 13.9. The Bertz CT molecular complexity index is 718. The van der Waals surface area contributed by atoms with E-state index in [0.29, 0.717) is 5.92 Å². The van der Waals surface area contributed by atoms with Gasteiger partial charge in [-0.05, 0) is 48.3 Å². The lowest BCUT2D eigenvalue weighted by molar-refractivity contribution is -0.138. The van der Waals surface area contributed by atoms with E-state index in [-0.39, 0.29) is 6.42 Å². The van der Waals surface area contributed by atoms with Crippen LogP contribution in [0.1, 0.15) is 70.6 Å². The third kappa shape index (κ3) is 13.5. The van der Waals surface area contributed by atoms with Crippen molar-refractivity contribution in [2.75, 3.05) is 0 Å². The summed E-state index contributed by atoms with van der Waals surface area (Å²) in [5.41, 5.74) is 3.58. The molecule has 4 heteroatoms. The summed E-state index contributed by atoms with van der Waals surface area (Å²) in [5.74, 6) is -0.537. The van der Waals surface area contributed by atoms with Gasteiger partial charge in [-0.1, -0.05) is 89.2 Å². The van der Waals surface area contributed by atoms with Crippen molar-refractivity contribution >= 4 is 11.9 Å².